The second-order valence-corrected chi connectivity index (χ2v) is 5.31. The molecule has 0 aliphatic carbocycles. The molecule has 3 nitrogen and oxygen atoms in total. The molecule has 112 valence electrons. The van der Waals surface area contributed by atoms with Gasteiger partial charge in [0.1, 0.15) is 17.2 Å². The Morgan fingerprint density at radius 1 is 1.14 bits per heavy atom. The van der Waals surface area contributed by atoms with E-state index < -0.39 is 0 Å². The van der Waals surface area contributed by atoms with Crippen molar-refractivity contribution in [2.75, 3.05) is 7.05 Å². The van der Waals surface area contributed by atoms with Crippen molar-refractivity contribution in [3.63, 3.8) is 0 Å². The normalized spacial score (nSPS) is 10.8. The van der Waals surface area contributed by atoms with Crippen molar-refractivity contribution in [3.8, 4) is 0 Å². The van der Waals surface area contributed by atoms with Crippen LogP contribution in [-0.2, 0) is 17.8 Å². The Morgan fingerprint density at radius 3 is 2.73 bits per heavy atom. The van der Waals surface area contributed by atoms with E-state index in [0.29, 0.717) is 12.1 Å². The molecule has 0 saturated heterocycles. The monoisotopic (exact) mass is 297 g/mol. The fourth-order valence-electron chi connectivity index (χ4n) is 2.39. The first-order valence-corrected chi connectivity index (χ1v) is 7.08. The minimum atomic E-state index is -0.328. The number of benzene rings is 2. The number of fused-ring (bicyclic) bond motifs is 1. The van der Waals surface area contributed by atoms with E-state index in [1.165, 1.54) is 12.1 Å². The number of furan rings is 1. The van der Waals surface area contributed by atoms with Gasteiger partial charge in [-0.05, 0) is 29.8 Å². The predicted octanol–water partition coefficient (Wildman–Crippen LogP) is 3.77. The number of likely N-dealkylation sites (N-methyl/N-ethyl adjacent to an activating group) is 1. The van der Waals surface area contributed by atoms with E-state index in [0.717, 1.165) is 16.7 Å². The molecule has 1 heterocycles. The molecule has 0 unspecified atom stereocenters. The Morgan fingerprint density at radius 2 is 1.95 bits per heavy atom. The summed E-state index contributed by atoms with van der Waals surface area (Å²) in [5.74, 6) is 0.326. The van der Waals surface area contributed by atoms with E-state index in [9.17, 15) is 9.18 Å². The Labute approximate surface area is 128 Å². The average molecular weight is 297 g/mol. The third kappa shape index (κ3) is 3.17. The smallest absolute Gasteiger partial charge is 0.227 e. The number of rotatable bonds is 4. The van der Waals surface area contributed by atoms with Crippen LogP contribution < -0.4 is 0 Å². The van der Waals surface area contributed by atoms with Crippen LogP contribution in [0, 0.1) is 5.82 Å². The van der Waals surface area contributed by atoms with Crippen LogP contribution >= 0.6 is 0 Å². The highest BCUT2D eigenvalue weighted by Crippen LogP contribution is 2.20. The first-order chi connectivity index (χ1) is 10.6. The Kier molecular flexibility index (Phi) is 3.92. The van der Waals surface area contributed by atoms with Crippen LogP contribution in [0.15, 0.2) is 59.0 Å². The molecule has 1 aromatic heterocycles. The number of carbonyl (C=O) groups is 1. The van der Waals surface area contributed by atoms with Crippen LogP contribution in [-0.4, -0.2) is 17.9 Å². The first kappa shape index (κ1) is 14.3. The van der Waals surface area contributed by atoms with Gasteiger partial charge in [0.15, 0.2) is 0 Å². The summed E-state index contributed by atoms with van der Waals surface area (Å²) in [7, 11) is 1.72. The average Bonchev–Trinajstić information content (AvgIpc) is 2.89. The maximum absolute atomic E-state index is 13.1. The largest absolute Gasteiger partial charge is 0.459 e. The van der Waals surface area contributed by atoms with Gasteiger partial charge in [-0.25, -0.2) is 4.39 Å². The van der Waals surface area contributed by atoms with Crippen molar-refractivity contribution in [3.05, 3.63) is 71.7 Å². The lowest BCUT2D eigenvalue weighted by atomic mass is 10.1. The minimum absolute atomic E-state index is 0.0777. The van der Waals surface area contributed by atoms with Gasteiger partial charge in [0.2, 0.25) is 5.91 Å². The highest BCUT2D eigenvalue weighted by atomic mass is 19.1. The third-order valence-electron chi connectivity index (χ3n) is 3.54. The maximum Gasteiger partial charge on any atom is 0.227 e. The topological polar surface area (TPSA) is 33.5 Å². The molecule has 0 aliphatic rings. The molecule has 0 aliphatic heterocycles. The molecule has 3 rings (SSSR count). The number of para-hydroxylation sites is 1. The van der Waals surface area contributed by atoms with Crippen molar-refractivity contribution in [1.82, 2.24) is 4.90 Å². The zero-order chi connectivity index (χ0) is 15.5. The Bertz CT molecular complexity index is 776. The summed E-state index contributed by atoms with van der Waals surface area (Å²) < 4.78 is 18.8. The number of halogens is 1. The van der Waals surface area contributed by atoms with Crippen molar-refractivity contribution < 1.29 is 13.6 Å². The van der Waals surface area contributed by atoms with Crippen LogP contribution in [0.5, 0.6) is 0 Å². The van der Waals surface area contributed by atoms with Gasteiger partial charge in [-0.1, -0.05) is 30.3 Å². The van der Waals surface area contributed by atoms with E-state index >= 15 is 0 Å². The Balaban J connectivity index is 1.68. The molecule has 0 bridgehead atoms. The van der Waals surface area contributed by atoms with Crippen LogP contribution in [0.1, 0.15) is 11.3 Å². The van der Waals surface area contributed by atoms with Crippen LogP contribution in [0.25, 0.3) is 11.0 Å². The summed E-state index contributed by atoms with van der Waals surface area (Å²) in [6, 6.07) is 15.8. The molecule has 0 atom stereocenters. The molecule has 4 heteroatoms. The molecular formula is C18H16FNO2. The summed E-state index contributed by atoms with van der Waals surface area (Å²) in [6.07, 6.45) is 0.175. The van der Waals surface area contributed by atoms with Gasteiger partial charge in [0.05, 0.1) is 13.0 Å². The predicted molar refractivity (Wildman–Crippen MR) is 82.8 cm³/mol. The zero-order valence-electron chi connectivity index (χ0n) is 12.3. The lowest BCUT2D eigenvalue weighted by Gasteiger charge is -2.15. The minimum Gasteiger partial charge on any atom is -0.459 e. The zero-order valence-corrected chi connectivity index (χ0v) is 12.3. The second-order valence-electron chi connectivity index (χ2n) is 5.31. The first-order valence-electron chi connectivity index (χ1n) is 7.08. The molecule has 2 aromatic carbocycles. The molecule has 0 spiro atoms. The number of nitrogens with zero attached hydrogens (tertiary/aromatic N) is 1. The standard InChI is InChI=1S/C18H16FNO2/c1-20(18(21)10-13-5-4-7-15(19)9-13)12-16-11-14-6-2-3-8-17(14)22-16/h2-9,11H,10,12H2,1H3. The maximum atomic E-state index is 13.1. The highest BCUT2D eigenvalue weighted by molar-refractivity contribution is 5.79. The lowest BCUT2D eigenvalue weighted by molar-refractivity contribution is -0.129. The van der Waals surface area contributed by atoms with Crippen molar-refractivity contribution in [1.29, 1.82) is 0 Å². The quantitative estimate of drug-likeness (QED) is 0.734. The number of amides is 1. The highest BCUT2D eigenvalue weighted by Gasteiger charge is 2.13. The molecule has 0 N–H and O–H groups in total. The van der Waals surface area contributed by atoms with Crippen molar-refractivity contribution in [2.45, 2.75) is 13.0 Å². The lowest BCUT2D eigenvalue weighted by Crippen LogP contribution is -2.27. The van der Waals surface area contributed by atoms with Crippen LogP contribution in [0.2, 0.25) is 0 Å². The summed E-state index contributed by atoms with van der Waals surface area (Å²) in [5.41, 5.74) is 1.48. The number of hydrogen-bond acceptors (Lipinski definition) is 2. The van der Waals surface area contributed by atoms with Gasteiger partial charge in [-0.15, -0.1) is 0 Å². The van der Waals surface area contributed by atoms with Crippen LogP contribution in [0.3, 0.4) is 0 Å². The van der Waals surface area contributed by atoms with Gasteiger partial charge in [-0.3, -0.25) is 4.79 Å². The van der Waals surface area contributed by atoms with Gasteiger partial charge < -0.3 is 9.32 Å². The van der Waals surface area contributed by atoms with Crippen molar-refractivity contribution in [2.24, 2.45) is 0 Å². The molecule has 0 saturated carbocycles. The number of carbonyl (C=O) groups excluding carboxylic acids is 1. The third-order valence-corrected chi connectivity index (χ3v) is 3.54. The van der Waals surface area contributed by atoms with E-state index in [1.54, 1.807) is 24.1 Å². The van der Waals surface area contributed by atoms with E-state index in [2.05, 4.69) is 0 Å². The summed E-state index contributed by atoms with van der Waals surface area (Å²) in [6.45, 7) is 0.392. The van der Waals surface area contributed by atoms with E-state index in [4.69, 9.17) is 4.42 Å². The summed E-state index contributed by atoms with van der Waals surface area (Å²) >= 11 is 0. The molecule has 1 amide bonds. The van der Waals surface area contributed by atoms with Crippen molar-refractivity contribution >= 4 is 16.9 Å². The molecule has 3 aromatic rings. The fraction of sp³-hybridized carbons (Fsp3) is 0.167. The van der Waals surface area contributed by atoms with Crippen LogP contribution in [0.4, 0.5) is 4.39 Å². The van der Waals surface area contributed by atoms with Gasteiger partial charge in [0.25, 0.3) is 0 Å². The molecular weight excluding hydrogens is 281 g/mol. The summed E-state index contributed by atoms with van der Waals surface area (Å²) in [4.78, 5) is 13.8. The second kappa shape index (κ2) is 6.02. The van der Waals surface area contributed by atoms with E-state index in [1.807, 2.05) is 30.3 Å². The Hall–Kier alpha value is -2.62. The molecule has 22 heavy (non-hydrogen) atoms. The molecule has 0 fully saturated rings. The SMILES string of the molecule is CN(Cc1cc2ccccc2o1)C(=O)Cc1cccc(F)c1. The van der Waals surface area contributed by atoms with Gasteiger partial charge in [0, 0.05) is 12.4 Å². The van der Waals surface area contributed by atoms with Gasteiger partial charge in [-0.2, -0.15) is 0 Å². The van der Waals surface area contributed by atoms with Gasteiger partial charge >= 0.3 is 0 Å². The van der Waals surface area contributed by atoms with E-state index in [-0.39, 0.29) is 18.1 Å². The fourth-order valence-corrected chi connectivity index (χ4v) is 2.39. The summed E-state index contributed by atoms with van der Waals surface area (Å²) in [5, 5.41) is 1.02. The number of hydrogen-bond donors (Lipinski definition) is 0. The molecule has 0 radical (unpaired) electrons.